The fourth-order valence-electron chi connectivity index (χ4n) is 3.07. The number of amides is 2. The number of aromatic nitrogens is 1. The maximum atomic E-state index is 12.7. The average Bonchev–Trinajstić information content (AvgIpc) is 2.68. The molecule has 2 aromatic rings. The van der Waals surface area contributed by atoms with Crippen LogP contribution in [0.15, 0.2) is 42.7 Å². The van der Waals surface area contributed by atoms with Gasteiger partial charge < -0.3 is 15.0 Å². The monoisotopic (exact) mass is 367 g/mol. The van der Waals surface area contributed by atoms with Crippen LogP contribution in [0.5, 0.6) is 0 Å². The van der Waals surface area contributed by atoms with E-state index in [0.29, 0.717) is 37.4 Å². The Hall–Kier alpha value is -2.73. The second kappa shape index (κ2) is 7.88. The molecule has 6 heteroatoms. The molecule has 1 fully saturated rings. The Morgan fingerprint density at radius 2 is 1.74 bits per heavy atom. The summed E-state index contributed by atoms with van der Waals surface area (Å²) in [5.41, 5.74) is 2.48. The molecule has 2 amide bonds. The lowest BCUT2D eigenvalue weighted by atomic mass is 9.86. The summed E-state index contributed by atoms with van der Waals surface area (Å²) in [5, 5.41) is 2.96. The Morgan fingerprint density at radius 1 is 1.07 bits per heavy atom. The number of hydrogen-bond donors (Lipinski definition) is 1. The van der Waals surface area contributed by atoms with E-state index in [4.69, 9.17) is 4.74 Å². The average molecular weight is 367 g/mol. The number of morpholine rings is 1. The van der Waals surface area contributed by atoms with Gasteiger partial charge in [-0.25, -0.2) is 0 Å². The first-order valence-corrected chi connectivity index (χ1v) is 9.09. The molecule has 142 valence electrons. The van der Waals surface area contributed by atoms with Crippen LogP contribution in [0.1, 0.15) is 47.1 Å². The van der Waals surface area contributed by atoms with Gasteiger partial charge in [0, 0.05) is 31.2 Å². The van der Waals surface area contributed by atoms with E-state index in [1.54, 1.807) is 11.0 Å². The molecule has 1 aromatic heterocycles. The summed E-state index contributed by atoms with van der Waals surface area (Å²) >= 11 is 0. The molecule has 0 bridgehead atoms. The van der Waals surface area contributed by atoms with Crippen LogP contribution < -0.4 is 5.32 Å². The molecule has 1 aliphatic heterocycles. The van der Waals surface area contributed by atoms with E-state index in [-0.39, 0.29) is 17.2 Å². The minimum absolute atomic E-state index is 0.101. The number of ether oxygens (including phenoxy) is 1. The SMILES string of the molecule is CC(C)(C)c1ccccc1NC(=O)c1cncc(C(=O)N2CCOCC2)c1. The molecule has 0 saturated carbocycles. The minimum Gasteiger partial charge on any atom is -0.378 e. The van der Waals surface area contributed by atoms with Gasteiger partial charge in [0.05, 0.1) is 24.3 Å². The predicted octanol–water partition coefficient (Wildman–Crippen LogP) is 3.10. The number of benzene rings is 1. The zero-order chi connectivity index (χ0) is 19.4. The summed E-state index contributed by atoms with van der Waals surface area (Å²) in [6.07, 6.45) is 2.98. The van der Waals surface area contributed by atoms with Crippen LogP contribution in [0.25, 0.3) is 0 Å². The highest BCUT2D eigenvalue weighted by Gasteiger charge is 2.21. The lowest BCUT2D eigenvalue weighted by Crippen LogP contribution is -2.40. The molecule has 27 heavy (non-hydrogen) atoms. The van der Waals surface area contributed by atoms with Gasteiger partial charge in [-0.2, -0.15) is 0 Å². The number of nitrogens with zero attached hydrogens (tertiary/aromatic N) is 2. The topological polar surface area (TPSA) is 71.5 Å². The van der Waals surface area contributed by atoms with Gasteiger partial charge in [0.2, 0.25) is 0 Å². The Morgan fingerprint density at radius 3 is 2.44 bits per heavy atom. The van der Waals surface area contributed by atoms with Gasteiger partial charge in [-0.3, -0.25) is 14.6 Å². The zero-order valence-corrected chi connectivity index (χ0v) is 16.0. The molecule has 1 aliphatic rings. The van der Waals surface area contributed by atoms with E-state index in [1.807, 2.05) is 24.3 Å². The Kier molecular flexibility index (Phi) is 5.56. The maximum Gasteiger partial charge on any atom is 0.257 e. The highest BCUT2D eigenvalue weighted by atomic mass is 16.5. The molecule has 0 spiro atoms. The summed E-state index contributed by atoms with van der Waals surface area (Å²) in [5.74, 6) is -0.411. The van der Waals surface area contributed by atoms with Gasteiger partial charge in [-0.15, -0.1) is 0 Å². The van der Waals surface area contributed by atoms with E-state index in [2.05, 4.69) is 31.1 Å². The van der Waals surface area contributed by atoms with Crippen molar-refractivity contribution in [2.24, 2.45) is 0 Å². The Bertz CT molecular complexity index is 837. The molecular weight excluding hydrogens is 342 g/mol. The number of rotatable bonds is 3. The van der Waals surface area contributed by atoms with E-state index in [0.717, 1.165) is 11.3 Å². The van der Waals surface area contributed by atoms with Crippen molar-refractivity contribution in [1.82, 2.24) is 9.88 Å². The normalized spacial score (nSPS) is 14.7. The highest BCUT2D eigenvalue weighted by molar-refractivity contribution is 6.06. The van der Waals surface area contributed by atoms with Gasteiger partial charge >= 0.3 is 0 Å². The van der Waals surface area contributed by atoms with Crippen molar-refractivity contribution in [3.63, 3.8) is 0 Å². The third-order valence-electron chi connectivity index (χ3n) is 4.53. The molecule has 1 saturated heterocycles. The molecule has 1 N–H and O–H groups in total. The Labute approximate surface area is 159 Å². The van der Waals surface area contributed by atoms with E-state index < -0.39 is 0 Å². The van der Waals surface area contributed by atoms with Crippen LogP contribution >= 0.6 is 0 Å². The number of hydrogen-bond acceptors (Lipinski definition) is 4. The van der Waals surface area contributed by atoms with Crippen LogP contribution in [0.3, 0.4) is 0 Å². The minimum atomic E-state index is -0.282. The molecule has 1 aromatic carbocycles. The Balaban J connectivity index is 1.79. The molecule has 0 aliphatic carbocycles. The van der Waals surface area contributed by atoms with Gasteiger partial charge in [0.25, 0.3) is 11.8 Å². The van der Waals surface area contributed by atoms with E-state index in [9.17, 15) is 9.59 Å². The fraction of sp³-hybridized carbons (Fsp3) is 0.381. The second-order valence-corrected chi connectivity index (χ2v) is 7.62. The predicted molar refractivity (Wildman–Crippen MR) is 104 cm³/mol. The van der Waals surface area contributed by atoms with Crippen molar-refractivity contribution in [3.05, 3.63) is 59.4 Å². The quantitative estimate of drug-likeness (QED) is 0.905. The van der Waals surface area contributed by atoms with Gasteiger partial charge in [0.15, 0.2) is 0 Å². The highest BCUT2D eigenvalue weighted by Crippen LogP contribution is 2.29. The summed E-state index contributed by atoms with van der Waals surface area (Å²) in [6, 6.07) is 9.33. The third kappa shape index (κ3) is 4.52. The summed E-state index contributed by atoms with van der Waals surface area (Å²) < 4.78 is 5.28. The van der Waals surface area contributed by atoms with Crippen molar-refractivity contribution < 1.29 is 14.3 Å². The first kappa shape index (κ1) is 19.0. The number of pyridine rings is 1. The van der Waals surface area contributed by atoms with Crippen molar-refractivity contribution in [3.8, 4) is 0 Å². The molecular formula is C21H25N3O3. The third-order valence-corrected chi connectivity index (χ3v) is 4.53. The number of carbonyl (C=O) groups excluding carboxylic acids is 2. The standard InChI is InChI=1S/C21H25N3O3/c1-21(2,3)17-6-4-5-7-18(17)23-19(25)15-12-16(14-22-13-15)20(26)24-8-10-27-11-9-24/h4-7,12-14H,8-11H2,1-3H3,(H,23,25). The summed E-state index contributed by atoms with van der Waals surface area (Å²) in [6.45, 7) is 8.46. The summed E-state index contributed by atoms with van der Waals surface area (Å²) in [4.78, 5) is 31.2. The summed E-state index contributed by atoms with van der Waals surface area (Å²) in [7, 11) is 0. The smallest absolute Gasteiger partial charge is 0.257 e. The first-order valence-electron chi connectivity index (χ1n) is 9.09. The van der Waals surface area contributed by atoms with Crippen LogP contribution in [0.2, 0.25) is 0 Å². The molecule has 0 atom stereocenters. The van der Waals surface area contributed by atoms with Crippen molar-refractivity contribution >= 4 is 17.5 Å². The van der Waals surface area contributed by atoms with Crippen molar-refractivity contribution in [1.29, 1.82) is 0 Å². The lowest BCUT2D eigenvalue weighted by molar-refractivity contribution is 0.0302. The van der Waals surface area contributed by atoms with Gasteiger partial charge in [-0.1, -0.05) is 39.0 Å². The first-order chi connectivity index (χ1) is 12.9. The molecule has 6 nitrogen and oxygen atoms in total. The van der Waals surface area contributed by atoms with Gasteiger partial charge in [0.1, 0.15) is 0 Å². The lowest BCUT2D eigenvalue weighted by Gasteiger charge is -2.26. The fourth-order valence-corrected chi connectivity index (χ4v) is 3.07. The van der Waals surface area contributed by atoms with Crippen molar-refractivity contribution in [2.75, 3.05) is 31.6 Å². The number of carbonyl (C=O) groups is 2. The zero-order valence-electron chi connectivity index (χ0n) is 16.0. The largest absolute Gasteiger partial charge is 0.378 e. The van der Waals surface area contributed by atoms with Crippen LogP contribution in [-0.2, 0) is 10.2 Å². The van der Waals surface area contributed by atoms with Crippen molar-refractivity contribution in [2.45, 2.75) is 26.2 Å². The van der Waals surface area contributed by atoms with E-state index in [1.165, 1.54) is 12.4 Å². The number of anilines is 1. The van der Waals surface area contributed by atoms with Crippen LogP contribution in [0.4, 0.5) is 5.69 Å². The molecule has 2 heterocycles. The van der Waals surface area contributed by atoms with Crippen LogP contribution in [-0.4, -0.2) is 48.0 Å². The maximum absolute atomic E-state index is 12.7. The van der Waals surface area contributed by atoms with Crippen LogP contribution in [0, 0.1) is 0 Å². The van der Waals surface area contributed by atoms with Gasteiger partial charge in [-0.05, 0) is 23.1 Å². The number of nitrogens with one attached hydrogen (secondary N) is 1. The van der Waals surface area contributed by atoms with E-state index >= 15 is 0 Å². The number of para-hydroxylation sites is 1. The molecule has 0 radical (unpaired) electrons. The molecule has 0 unspecified atom stereocenters. The second-order valence-electron chi connectivity index (χ2n) is 7.62. The molecule has 3 rings (SSSR count).